The lowest BCUT2D eigenvalue weighted by Crippen LogP contribution is -2.19. The Morgan fingerprint density at radius 2 is 1.50 bits per heavy atom. The number of sulfonamides is 1. The Hall–Kier alpha value is -4.43. The number of tetrazole rings is 1. The zero-order chi connectivity index (χ0) is 29.9. The van der Waals surface area contributed by atoms with E-state index in [-0.39, 0.29) is 29.2 Å². The van der Waals surface area contributed by atoms with Crippen molar-refractivity contribution in [3.05, 3.63) is 102 Å². The van der Waals surface area contributed by atoms with Gasteiger partial charge in [0.05, 0.1) is 31.2 Å². The van der Waals surface area contributed by atoms with E-state index in [4.69, 9.17) is 14.6 Å². The molecule has 216 valence electrons. The number of rotatable bonds is 10. The minimum atomic E-state index is -4.57. The Labute approximate surface area is 245 Å². The van der Waals surface area contributed by atoms with Gasteiger partial charge < -0.3 is 14.0 Å². The van der Waals surface area contributed by atoms with Gasteiger partial charge in [-0.05, 0) is 69.8 Å². The van der Waals surface area contributed by atoms with Crippen molar-refractivity contribution in [1.82, 2.24) is 20.2 Å². The highest BCUT2D eigenvalue weighted by Crippen LogP contribution is 2.41. The number of primary sulfonamides is 1. The monoisotopic (exact) mass is 605 g/mol. The van der Waals surface area contributed by atoms with Crippen LogP contribution in [-0.4, -0.2) is 51.6 Å². The Kier molecular flexibility index (Phi) is 8.45. The number of nitrogens with two attached hydrogens (primary N) is 1. The first kappa shape index (κ1) is 29.1. The zero-order valence-corrected chi connectivity index (χ0v) is 24.3. The van der Waals surface area contributed by atoms with Gasteiger partial charge in [-0.3, -0.25) is 0 Å². The summed E-state index contributed by atoms with van der Waals surface area (Å²) in [4.78, 5) is 0.436. The van der Waals surface area contributed by atoms with Crippen LogP contribution in [0.25, 0.3) is 22.5 Å². The molecule has 0 amide bonds. The lowest BCUT2D eigenvalue weighted by molar-refractivity contribution is 0.414. The Morgan fingerprint density at radius 3 is 2.05 bits per heavy atom. The predicted molar refractivity (Wildman–Crippen MR) is 157 cm³/mol. The summed E-state index contributed by atoms with van der Waals surface area (Å²) in [5, 5.41) is 18.5. The third kappa shape index (κ3) is 6.24. The molecule has 5 rings (SSSR count). The van der Waals surface area contributed by atoms with E-state index in [0.717, 1.165) is 11.1 Å². The standard InChI is InChI=1S/C29H27N5O6S2/c1-39-23-12-8-19(9-13-23)16-22-17-25(21-6-4-3-5-7-21)26(28(42(30,37)38)27(22)41(35)36)29-31-33-34(32-29)18-20-10-14-24(40-2)15-11-20/h3-15,17H,16,18H2,1-2H3,(H,35,36)(H2,30,37,38). The second-order valence-electron chi connectivity index (χ2n) is 9.29. The summed E-state index contributed by atoms with van der Waals surface area (Å²) < 4.78 is 60.1. The summed E-state index contributed by atoms with van der Waals surface area (Å²) in [6.45, 7) is 0.233. The molecule has 1 aromatic heterocycles. The molecular weight excluding hydrogens is 578 g/mol. The van der Waals surface area contributed by atoms with Gasteiger partial charge in [-0.15, -0.1) is 10.2 Å². The second-order valence-corrected chi connectivity index (χ2v) is 11.7. The van der Waals surface area contributed by atoms with E-state index in [1.165, 1.54) is 4.80 Å². The summed E-state index contributed by atoms with van der Waals surface area (Å²) in [5.74, 6) is 1.27. The molecule has 42 heavy (non-hydrogen) atoms. The molecule has 11 nitrogen and oxygen atoms in total. The maximum atomic E-state index is 13.2. The fraction of sp³-hybridized carbons (Fsp3) is 0.138. The number of nitrogens with zero attached hydrogens (tertiary/aromatic N) is 4. The summed E-state index contributed by atoms with van der Waals surface area (Å²) in [6, 6.07) is 25.0. The maximum absolute atomic E-state index is 13.2. The van der Waals surface area contributed by atoms with Crippen molar-refractivity contribution < 1.29 is 26.7 Å². The average molecular weight is 606 g/mol. The fourth-order valence-electron chi connectivity index (χ4n) is 4.62. The van der Waals surface area contributed by atoms with Crippen LogP contribution in [0.4, 0.5) is 0 Å². The van der Waals surface area contributed by atoms with Gasteiger partial charge in [0.15, 0.2) is 11.1 Å². The molecule has 5 aromatic rings. The number of hydrogen-bond acceptors (Lipinski definition) is 8. The van der Waals surface area contributed by atoms with E-state index in [1.54, 1.807) is 80.9 Å². The largest absolute Gasteiger partial charge is 0.497 e. The predicted octanol–water partition coefficient (Wildman–Crippen LogP) is 3.89. The summed E-state index contributed by atoms with van der Waals surface area (Å²) in [7, 11) is -1.45. The summed E-state index contributed by atoms with van der Waals surface area (Å²) in [6.07, 6.45) is 0.145. The molecule has 1 unspecified atom stereocenters. The molecule has 0 aliphatic heterocycles. The van der Waals surface area contributed by atoms with Gasteiger partial charge in [0.1, 0.15) is 16.4 Å². The van der Waals surface area contributed by atoms with Gasteiger partial charge in [-0.25, -0.2) is 17.8 Å². The van der Waals surface area contributed by atoms with Crippen LogP contribution in [-0.2, 0) is 34.1 Å². The van der Waals surface area contributed by atoms with Crippen molar-refractivity contribution >= 4 is 21.1 Å². The van der Waals surface area contributed by atoms with Crippen molar-refractivity contribution in [2.24, 2.45) is 5.14 Å². The van der Waals surface area contributed by atoms with Gasteiger partial charge in [-0.1, -0.05) is 54.6 Å². The minimum Gasteiger partial charge on any atom is -0.497 e. The molecule has 1 heterocycles. The fourth-order valence-corrected chi connectivity index (χ4v) is 6.68. The van der Waals surface area contributed by atoms with Gasteiger partial charge in [0, 0.05) is 0 Å². The van der Waals surface area contributed by atoms with E-state index >= 15 is 0 Å². The molecule has 0 bridgehead atoms. The number of benzene rings is 4. The minimum absolute atomic E-state index is 0.0134. The van der Waals surface area contributed by atoms with Crippen molar-refractivity contribution in [3.63, 3.8) is 0 Å². The van der Waals surface area contributed by atoms with Gasteiger partial charge in [0.2, 0.25) is 15.8 Å². The third-order valence-corrected chi connectivity index (χ3v) is 8.49. The van der Waals surface area contributed by atoms with Crippen LogP contribution in [0.2, 0.25) is 0 Å². The lowest BCUT2D eigenvalue weighted by Gasteiger charge is -2.18. The molecule has 1 atom stereocenters. The second kappa shape index (κ2) is 12.2. The number of aromatic nitrogens is 4. The molecule has 4 aromatic carbocycles. The van der Waals surface area contributed by atoms with Crippen molar-refractivity contribution in [1.29, 1.82) is 0 Å². The van der Waals surface area contributed by atoms with Crippen LogP contribution in [0.1, 0.15) is 16.7 Å². The van der Waals surface area contributed by atoms with Gasteiger partial charge >= 0.3 is 0 Å². The lowest BCUT2D eigenvalue weighted by atomic mass is 9.94. The van der Waals surface area contributed by atoms with E-state index in [0.29, 0.717) is 28.2 Å². The molecule has 0 spiro atoms. The SMILES string of the molecule is COc1ccc(Cc2cc(-c3ccccc3)c(-c3nnn(Cc4ccc(OC)cc4)n3)c(S(N)(=O)=O)c2S(=O)O)cc1. The highest BCUT2D eigenvalue weighted by Gasteiger charge is 2.32. The van der Waals surface area contributed by atoms with Crippen LogP contribution in [0.15, 0.2) is 94.7 Å². The van der Waals surface area contributed by atoms with Crippen LogP contribution >= 0.6 is 0 Å². The summed E-state index contributed by atoms with van der Waals surface area (Å²) in [5.41, 5.74) is 2.95. The molecule has 3 N–H and O–H groups in total. The van der Waals surface area contributed by atoms with Gasteiger partial charge in [-0.2, -0.15) is 4.80 Å². The third-order valence-electron chi connectivity index (χ3n) is 6.57. The Bertz CT molecular complexity index is 1840. The zero-order valence-electron chi connectivity index (χ0n) is 22.7. The molecule has 0 saturated carbocycles. The first-order chi connectivity index (χ1) is 20.2. The first-order valence-electron chi connectivity index (χ1n) is 12.6. The number of ether oxygens (including phenoxy) is 2. The Morgan fingerprint density at radius 1 is 0.905 bits per heavy atom. The normalized spacial score (nSPS) is 12.2. The topological polar surface area (TPSA) is 160 Å². The quantitative estimate of drug-likeness (QED) is 0.225. The highest BCUT2D eigenvalue weighted by atomic mass is 32.2. The van der Waals surface area contributed by atoms with Crippen molar-refractivity contribution in [2.45, 2.75) is 22.8 Å². The number of methoxy groups -OCH3 is 2. The molecule has 0 aliphatic carbocycles. The molecule has 0 saturated heterocycles. The summed E-state index contributed by atoms with van der Waals surface area (Å²) >= 11 is -2.73. The van der Waals surface area contributed by atoms with Gasteiger partial charge in [0.25, 0.3) is 0 Å². The highest BCUT2D eigenvalue weighted by molar-refractivity contribution is 7.90. The van der Waals surface area contributed by atoms with E-state index in [1.807, 2.05) is 18.2 Å². The molecule has 0 radical (unpaired) electrons. The number of hydrogen-bond donors (Lipinski definition) is 2. The van der Waals surface area contributed by atoms with Crippen LogP contribution in [0, 0.1) is 0 Å². The Balaban J connectivity index is 1.72. The molecule has 13 heteroatoms. The maximum Gasteiger partial charge on any atom is 0.240 e. The van der Waals surface area contributed by atoms with E-state index < -0.39 is 26.0 Å². The van der Waals surface area contributed by atoms with Crippen LogP contribution in [0.3, 0.4) is 0 Å². The van der Waals surface area contributed by atoms with Crippen molar-refractivity contribution in [2.75, 3.05) is 14.2 Å². The van der Waals surface area contributed by atoms with E-state index in [9.17, 15) is 17.2 Å². The molecular formula is C29H27N5O6S2. The van der Waals surface area contributed by atoms with Crippen molar-refractivity contribution in [3.8, 4) is 34.0 Å². The average Bonchev–Trinajstić information content (AvgIpc) is 3.45. The molecule has 0 fully saturated rings. The smallest absolute Gasteiger partial charge is 0.240 e. The molecule has 0 aliphatic rings. The van der Waals surface area contributed by atoms with Crippen LogP contribution in [0.5, 0.6) is 11.5 Å². The first-order valence-corrected chi connectivity index (χ1v) is 15.3. The van der Waals surface area contributed by atoms with E-state index in [2.05, 4.69) is 15.4 Å². The van der Waals surface area contributed by atoms with Crippen LogP contribution < -0.4 is 14.6 Å².